The summed E-state index contributed by atoms with van der Waals surface area (Å²) in [6.45, 7) is 10.7. The van der Waals surface area contributed by atoms with Gasteiger partial charge in [0, 0.05) is 35.8 Å². The van der Waals surface area contributed by atoms with E-state index < -0.39 is 0 Å². The number of aromatic nitrogens is 1. The molecule has 0 aliphatic carbocycles. The van der Waals surface area contributed by atoms with Crippen LogP contribution < -0.4 is 4.74 Å². The Morgan fingerprint density at radius 1 is 0.879 bits per heavy atom. The lowest BCUT2D eigenvalue weighted by Crippen LogP contribution is -2.28. The standard InChI is InChI=1S/C29H40N2O2/c1-5-8-19-31(20-9-6-2)21-12-22-33-24-17-15-23(16-18-24)29(32)28-25-13-10-11-14-27(25)30(4)26(28)7-3/h10-11,13-18H,5-9,12,19-22H2,1-4H3. The van der Waals surface area contributed by atoms with Crippen LogP contribution in [0, 0.1) is 0 Å². The molecule has 0 saturated heterocycles. The van der Waals surface area contributed by atoms with Crippen LogP contribution in [0.2, 0.25) is 0 Å². The Hall–Kier alpha value is -2.59. The molecule has 0 atom stereocenters. The predicted octanol–water partition coefficient (Wildman–Crippen LogP) is 6.64. The highest BCUT2D eigenvalue weighted by atomic mass is 16.5. The predicted molar refractivity (Wildman–Crippen MR) is 139 cm³/mol. The minimum atomic E-state index is 0.0812. The van der Waals surface area contributed by atoms with Crippen molar-refractivity contribution in [2.75, 3.05) is 26.2 Å². The number of aryl methyl sites for hydroxylation is 1. The molecular weight excluding hydrogens is 408 g/mol. The van der Waals surface area contributed by atoms with Gasteiger partial charge < -0.3 is 14.2 Å². The molecule has 0 amide bonds. The van der Waals surface area contributed by atoms with Crippen molar-refractivity contribution in [1.29, 1.82) is 0 Å². The number of unbranched alkanes of at least 4 members (excludes halogenated alkanes) is 2. The molecule has 0 radical (unpaired) electrons. The van der Waals surface area contributed by atoms with Crippen LogP contribution in [0.4, 0.5) is 0 Å². The molecule has 178 valence electrons. The van der Waals surface area contributed by atoms with Crippen LogP contribution in [0.3, 0.4) is 0 Å². The number of fused-ring (bicyclic) bond motifs is 1. The Bertz CT molecular complexity index is 1010. The number of benzene rings is 2. The summed E-state index contributed by atoms with van der Waals surface area (Å²) in [6, 6.07) is 15.8. The van der Waals surface area contributed by atoms with E-state index in [0.29, 0.717) is 12.2 Å². The van der Waals surface area contributed by atoms with E-state index in [9.17, 15) is 4.79 Å². The molecule has 0 N–H and O–H groups in total. The van der Waals surface area contributed by atoms with Crippen molar-refractivity contribution in [2.45, 2.75) is 59.3 Å². The maximum Gasteiger partial charge on any atom is 0.195 e. The van der Waals surface area contributed by atoms with Crippen molar-refractivity contribution in [1.82, 2.24) is 9.47 Å². The zero-order valence-electron chi connectivity index (χ0n) is 20.9. The van der Waals surface area contributed by atoms with E-state index in [2.05, 4.69) is 36.3 Å². The van der Waals surface area contributed by atoms with Gasteiger partial charge in [0.2, 0.25) is 0 Å². The molecule has 2 aromatic carbocycles. The van der Waals surface area contributed by atoms with Gasteiger partial charge >= 0.3 is 0 Å². The van der Waals surface area contributed by atoms with Gasteiger partial charge in [-0.3, -0.25) is 4.79 Å². The molecule has 0 aliphatic rings. The fourth-order valence-corrected chi connectivity index (χ4v) is 4.54. The second-order valence-corrected chi connectivity index (χ2v) is 8.86. The first-order valence-electron chi connectivity index (χ1n) is 12.7. The van der Waals surface area contributed by atoms with Crippen molar-refractivity contribution in [2.24, 2.45) is 7.05 Å². The van der Waals surface area contributed by atoms with E-state index in [1.54, 1.807) is 0 Å². The fraction of sp³-hybridized carbons (Fsp3) is 0.483. The summed E-state index contributed by atoms with van der Waals surface area (Å²) in [7, 11) is 2.04. The van der Waals surface area contributed by atoms with Gasteiger partial charge in [-0.25, -0.2) is 0 Å². The number of para-hydroxylation sites is 1. The molecule has 0 fully saturated rings. The number of carbonyl (C=O) groups is 1. The van der Waals surface area contributed by atoms with Crippen LogP contribution >= 0.6 is 0 Å². The Labute approximate surface area is 199 Å². The maximum atomic E-state index is 13.4. The van der Waals surface area contributed by atoms with Crippen molar-refractivity contribution in [3.05, 3.63) is 65.4 Å². The van der Waals surface area contributed by atoms with Gasteiger partial charge in [0.25, 0.3) is 0 Å². The molecule has 0 saturated carbocycles. The van der Waals surface area contributed by atoms with Gasteiger partial charge in [-0.2, -0.15) is 0 Å². The summed E-state index contributed by atoms with van der Waals surface area (Å²) < 4.78 is 8.13. The number of rotatable bonds is 14. The van der Waals surface area contributed by atoms with Crippen LogP contribution in [-0.2, 0) is 13.5 Å². The molecule has 0 spiro atoms. The van der Waals surface area contributed by atoms with Crippen molar-refractivity contribution in [3.63, 3.8) is 0 Å². The third kappa shape index (κ3) is 6.26. The lowest BCUT2D eigenvalue weighted by molar-refractivity contribution is 0.103. The zero-order valence-corrected chi connectivity index (χ0v) is 20.9. The highest BCUT2D eigenvalue weighted by Crippen LogP contribution is 2.28. The summed E-state index contributed by atoms with van der Waals surface area (Å²) in [5, 5.41) is 1.03. The first-order chi connectivity index (χ1) is 16.1. The molecular formula is C29H40N2O2. The van der Waals surface area contributed by atoms with Crippen molar-refractivity contribution < 1.29 is 9.53 Å². The summed E-state index contributed by atoms with van der Waals surface area (Å²) in [4.78, 5) is 16.0. The summed E-state index contributed by atoms with van der Waals surface area (Å²) in [5.41, 5.74) is 3.71. The molecule has 3 rings (SSSR count). The molecule has 0 aliphatic heterocycles. The molecule has 1 heterocycles. The minimum absolute atomic E-state index is 0.0812. The van der Waals surface area contributed by atoms with Crippen LogP contribution in [0.5, 0.6) is 5.75 Å². The quantitative estimate of drug-likeness (QED) is 0.205. The number of hydrogen-bond acceptors (Lipinski definition) is 3. The first-order valence-corrected chi connectivity index (χ1v) is 12.7. The van der Waals surface area contributed by atoms with Crippen LogP contribution in [0.25, 0.3) is 10.9 Å². The van der Waals surface area contributed by atoms with Crippen LogP contribution in [-0.4, -0.2) is 41.5 Å². The third-order valence-electron chi connectivity index (χ3n) is 6.45. The highest BCUT2D eigenvalue weighted by molar-refractivity contribution is 6.17. The lowest BCUT2D eigenvalue weighted by atomic mass is 9.99. The van der Waals surface area contributed by atoms with Gasteiger partial charge in [-0.1, -0.05) is 51.8 Å². The summed E-state index contributed by atoms with van der Waals surface area (Å²) in [6.07, 6.45) is 6.84. The molecule has 4 nitrogen and oxygen atoms in total. The largest absolute Gasteiger partial charge is 0.494 e. The Morgan fingerprint density at radius 2 is 1.52 bits per heavy atom. The second-order valence-electron chi connectivity index (χ2n) is 8.86. The van der Waals surface area contributed by atoms with Crippen molar-refractivity contribution in [3.8, 4) is 5.75 Å². The number of ether oxygens (including phenoxy) is 1. The molecule has 0 bridgehead atoms. The fourth-order valence-electron chi connectivity index (χ4n) is 4.54. The van der Waals surface area contributed by atoms with Crippen molar-refractivity contribution >= 4 is 16.7 Å². The van der Waals surface area contributed by atoms with Gasteiger partial charge in [-0.15, -0.1) is 0 Å². The first kappa shape index (κ1) is 25.0. The average molecular weight is 449 g/mol. The SMILES string of the molecule is CCCCN(CCCC)CCCOc1ccc(C(=O)c2c(CC)n(C)c3ccccc23)cc1. The topological polar surface area (TPSA) is 34.5 Å². The summed E-state index contributed by atoms with van der Waals surface area (Å²) >= 11 is 0. The Morgan fingerprint density at radius 3 is 2.15 bits per heavy atom. The zero-order chi connectivity index (χ0) is 23.6. The van der Waals surface area contributed by atoms with E-state index in [4.69, 9.17) is 4.74 Å². The molecule has 0 unspecified atom stereocenters. The smallest absolute Gasteiger partial charge is 0.195 e. The molecule has 33 heavy (non-hydrogen) atoms. The molecule has 4 heteroatoms. The van der Waals surface area contributed by atoms with Gasteiger partial charge in [0.1, 0.15) is 5.75 Å². The summed E-state index contributed by atoms with van der Waals surface area (Å²) in [5.74, 6) is 0.909. The minimum Gasteiger partial charge on any atom is -0.494 e. The van der Waals surface area contributed by atoms with E-state index >= 15 is 0 Å². The van der Waals surface area contributed by atoms with Crippen LogP contribution in [0.15, 0.2) is 48.5 Å². The Balaban J connectivity index is 1.61. The maximum absolute atomic E-state index is 13.4. The van der Waals surface area contributed by atoms with E-state index in [0.717, 1.165) is 47.3 Å². The number of nitrogens with zero attached hydrogens (tertiary/aromatic N) is 2. The Kier molecular flexibility index (Phi) is 9.56. The number of hydrogen-bond donors (Lipinski definition) is 0. The number of carbonyl (C=O) groups excluding carboxylic acids is 1. The monoisotopic (exact) mass is 448 g/mol. The second kappa shape index (κ2) is 12.6. The van der Waals surface area contributed by atoms with Gasteiger partial charge in [0.15, 0.2) is 5.78 Å². The normalized spacial score (nSPS) is 11.4. The molecule has 1 aromatic heterocycles. The van der Waals surface area contributed by atoms with Gasteiger partial charge in [0.05, 0.1) is 12.2 Å². The average Bonchev–Trinajstić information content (AvgIpc) is 3.14. The van der Waals surface area contributed by atoms with E-state index in [1.165, 1.54) is 38.8 Å². The lowest BCUT2D eigenvalue weighted by Gasteiger charge is -2.21. The third-order valence-corrected chi connectivity index (χ3v) is 6.45. The highest BCUT2D eigenvalue weighted by Gasteiger charge is 2.21. The van der Waals surface area contributed by atoms with E-state index in [-0.39, 0.29) is 5.78 Å². The number of ketones is 1. The van der Waals surface area contributed by atoms with E-state index in [1.807, 2.05) is 49.5 Å². The molecule has 3 aromatic rings. The van der Waals surface area contributed by atoms with Crippen LogP contribution in [0.1, 0.15) is 74.5 Å². The van der Waals surface area contributed by atoms with Gasteiger partial charge in [-0.05, 0) is 69.1 Å².